The number of hydrogen-bond donors (Lipinski definition) is 1. The van der Waals surface area contributed by atoms with Gasteiger partial charge in [0.05, 0.1) is 20.1 Å². The van der Waals surface area contributed by atoms with Gasteiger partial charge in [-0.2, -0.15) is 4.39 Å². The predicted octanol–water partition coefficient (Wildman–Crippen LogP) is 1.80. The molecule has 2 N–H and O–H groups in total. The Morgan fingerprint density at radius 3 is 1.36 bits per heavy atom. The molecule has 3 aliphatic carbocycles. The second-order valence-electron chi connectivity index (χ2n) is 6.76. The quantitative estimate of drug-likeness (QED) is 0.222. The molecule has 0 bridgehead atoms. The van der Waals surface area contributed by atoms with Gasteiger partial charge in [0.1, 0.15) is 4.68 Å². The molecule has 0 atom stereocenters. The van der Waals surface area contributed by atoms with Crippen molar-refractivity contribution < 1.29 is 37.2 Å². The Bertz CT molecular complexity index is 268. The van der Waals surface area contributed by atoms with Gasteiger partial charge in [-0.25, -0.2) is 4.39 Å². The largest absolute Gasteiger partial charge is 1.00 e. The first-order valence-electron chi connectivity index (χ1n) is 7.71. The van der Waals surface area contributed by atoms with Crippen molar-refractivity contribution in [1.29, 1.82) is 0 Å². The average molecular weight is 636 g/mol. The summed E-state index contributed by atoms with van der Waals surface area (Å²) < 4.78 is 22.6. The van der Waals surface area contributed by atoms with Crippen LogP contribution >= 0.6 is 47.4 Å². The highest BCUT2D eigenvalue weighted by Crippen LogP contribution is 2.30. The van der Waals surface area contributed by atoms with Gasteiger partial charge in [0.15, 0.2) is 0 Å². The molecule has 3 rings (SSSR count). The second kappa shape index (κ2) is 20.5. The Morgan fingerprint density at radius 2 is 1.32 bits per heavy atom. The minimum atomic E-state index is -0.280. The van der Waals surface area contributed by atoms with Crippen LogP contribution in [0.4, 0.5) is 8.78 Å². The van der Waals surface area contributed by atoms with Crippen LogP contribution in [-0.2, 0) is 0 Å². The first kappa shape index (κ1) is 37.5. The summed E-state index contributed by atoms with van der Waals surface area (Å²) in [4.78, 5) is 2.28. The van der Waals surface area contributed by atoms with Crippen molar-refractivity contribution in [2.45, 2.75) is 64.1 Å². The van der Waals surface area contributed by atoms with E-state index in [2.05, 4.69) is 19.0 Å². The summed E-state index contributed by atoms with van der Waals surface area (Å²) >= 11 is 1.62. The van der Waals surface area contributed by atoms with Gasteiger partial charge in [0, 0.05) is 24.9 Å². The molecule has 0 aromatic carbocycles. The first-order valence-corrected chi connectivity index (χ1v) is 9.23. The van der Waals surface area contributed by atoms with Gasteiger partial charge in [-0.15, -0.1) is 24.8 Å². The highest BCUT2D eigenvalue weighted by molar-refractivity contribution is 14.1. The van der Waals surface area contributed by atoms with Crippen molar-refractivity contribution in [3.8, 4) is 0 Å². The van der Waals surface area contributed by atoms with E-state index in [1.54, 1.807) is 22.6 Å². The Balaban J connectivity index is -0.0000000712. The zero-order valence-corrected chi connectivity index (χ0v) is 21.1. The number of quaternary nitrogens is 1. The SMILES string of the molecule is C.CN(C)C1CC1.C[N+](C)(CF)C1CC1.Cl.Cl.FCI.NC1CC1.[I-]. The van der Waals surface area contributed by atoms with Crippen molar-refractivity contribution in [2.24, 2.45) is 5.73 Å². The van der Waals surface area contributed by atoms with Crippen molar-refractivity contribution in [1.82, 2.24) is 4.90 Å². The maximum atomic E-state index is 12.0. The highest BCUT2D eigenvalue weighted by atomic mass is 127. The van der Waals surface area contributed by atoms with Crippen LogP contribution in [0.15, 0.2) is 0 Å². The van der Waals surface area contributed by atoms with E-state index in [0.717, 1.165) is 6.04 Å². The third-order valence-electron chi connectivity index (χ3n) is 3.74. The zero-order valence-electron chi connectivity index (χ0n) is 15.2. The van der Waals surface area contributed by atoms with Crippen molar-refractivity contribution in [3.63, 3.8) is 0 Å². The van der Waals surface area contributed by atoms with E-state index in [0.29, 0.717) is 16.6 Å². The number of rotatable bonds is 3. The molecule has 160 valence electrons. The summed E-state index contributed by atoms with van der Waals surface area (Å²) in [6, 6.07) is 2.14. The Morgan fingerprint density at radius 1 is 1.00 bits per heavy atom. The summed E-state index contributed by atoms with van der Waals surface area (Å²) in [5, 5.41) is 0. The molecule has 3 aliphatic rings. The van der Waals surface area contributed by atoms with Crippen LogP contribution < -0.4 is 29.7 Å². The molecular formula is C16H39Cl2F2I2N3. The van der Waals surface area contributed by atoms with E-state index in [4.69, 9.17) is 5.73 Å². The minimum absolute atomic E-state index is 0. The monoisotopic (exact) mass is 635 g/mol. The fraction of sp³-hybridized carbons (Fsp3) is 1.00. The number of hydrogen-bond acceptors (Lipinski definition) is 2. The van der Waals surface area contributed by atoms with Crippen LogP contribution in [0.1, 0.15) is 46.0 Å². The Hall–Kier alpha value is 1.78. The number of nitrogens with zero attached hydrogens (tertiary/aromatic N) is 2. The van der Waals surface area contributed by atoms with Crippen molar-refractivity contribution in [3.05, 3.63) is 0 Å². The molecule has 0 aliphatic heterocycles. The maximum absolute atomic E-state index is 12.0. The second-order valence-corrected chi connectivity index (χ2v) is 7.34. The number of alkyl halides is 3. The molecule has 0 saturated heterocycles. The Kier molecular flexibility index (Phi) is 30.8. The summed E-state index contributed by atoms with van der Waals surface area (Å²) in [6.07, 6.45) is 7.81. The van der Waals surface area contributed by atoms with Crippen LogP contribution in [0.3, 0.4) is 0 Å². The predicted molar refractivity (Wildman–Crippen MR) is 116 cm³/mol. The molecule has 0 aromatic heterocycles. The van der Waals surface area contributed by atoms with E-state index in [9.17, 15) is 8.78 Å². The summed E-state index contributed by atoms with van der Waals surface area (Å²) in [7, 11) is 8.16. The normalized spacial score (nSPS) is 17.2. The molecule has 0 spiro atoms. The number of halogens is 6. The first-order chi connectivity index (χ1) is 9.78. The molecule has 0 aromatic rings. The third kappa shape index (κ3) is 25.8. The van der Waals surface area contributed by atoms with E-state index in [1.807, 2.05) is 14.1 Å². The van der Waals surface area contributed by atoms with Gasteiger partial charge in [-0.1, -0.05) is 7.43 Å². The molecule has 0 heterocycles. The smallest absolute Gasteiger partial charge is 0.221 e. The van der Waals surface area contributed by atoms with Gasteiger partial charge in [0.2, 0.25) is 6.80 Å². The lowest BCUT2D eigenvalue weighted by molar-refractivity contribution is -0.913. The van der Waals surface area contributed by atoms with Gasteiger partial charge < -0.3 is 34.6 Å². The van der Waals surface area contributed by atoms with Gasteiger partial charge >= 0.3 is 0 Å². The lowest BCUT2D eigenvalue weighted by Crippen LogP contribution is -3.00. The molecule has 9 heteroatoms. The highest BCUT2D eigenvalue weighted by Gasteiger charge is 2.37. The zero-order chi connectivity index (χ0) is 16.5. The Labute approximate surface area is 197 Å². The van der Waals surface area contributed by atoms with Crippen molar-refractivity contribution >= 4 is 47.4 Å². The number of nitrogens with two attached hydrogens (primary N) is 1. The summed E-state index contributed by atoms with van der Waals surface area (Å²) in [5.74, 6) is 0. The van der Waals surface area contributed by atoms with Crippen LogP contribution in [0, 0.1) is 0 Å². The molecule has 0 unspecified atom stereocenters. The van der Waals surface area contributed by atoms with E-state index >= 15 is 0 Å². The van der Waals surface area contributed by atoms with E-state index < -0.39 is 0 Å². The van der Waals surface area contributed by atoms with Crippen LogP contribution in [0.2, 0.25) is 0 Å². The van der Waals surface area contributed by atoms with Crippen LogP contribution in [0.25, 0.3) is 0 Å². The lowest BCUT2D eigenvalue weighted by Gasteiger charge is -2.25. The maximum Gasteiger partial charge on any atom is 0.221 e. The minimum Gasteiger partial charge on any atom is -1.00 e. The van der Waals surface area contributed by atoms with E-state index in [-0.39, 0.29) is 67.7 Å². The fourth-order valence-electron chi connectivity index (χ4n) is 1.56. The molecule has 3 nitrogen and oxygen atoms in total. The van der Waals surface area contributed by atoms with Gasteiger partial charge in [-0.05, 0) is 62.4 Å². The molecule has 0 amide bonds. The molecular weight excluding hydrogens is 597 g/mol. The molecule has 3 fully saturated rings. The third-order valence-corrected chi connectivity index (χ3v) is 3.74. The van der Waals surface area contributed by atoms with Crippen molar-refractivity contribution in [2.75, 3.05) is 39.7 Å². The molecule has 0 radical (unpaired) electrons. The fourth-order valence-corrected chi connectivity index (χ4v) is 1.56. The van der Waals surface area contributed by atoms with Crippen LogP contribution in [-0.4, -0.2) is 67.2 Å². The average Bonchev–Trinajstić information content (AvgIpc) is 3.29. The van der Waals surface area contributed by atoms with E-state index in [1.165, 1.54) is 38.5 Å². The van der Waals surface area contributed by atoms with Gasteiger partial charge in [0.25, 0.3) is 0 Å². The van der Waals surface area contributed by atoms with Gasteiger partial charge in [-0.3, -0.25) is 4.48 Å². The molecule has 25 heavy (non-hydrogen) atoms. The lowest BCUT2D eigenvalue weighted by atomic mass is 10.5. The molecule has 3 saturated carbocycles. The van der Waals surface area contributed by atoms with Crippen LogP contribution in [0.5, 0.6) is 0 Å². The summed E-state index contributed by atoms with van der Waals surface area (Å²) in [6.45, 7) is -0.218. The topological polar surface area (TPSA) is 29.3 Å². The summed E-state index contributed by atoms with van der Waals surface area (Å²) in [5.41, 5.74) is 5.22. The standard InChI is InChI=1S/C6H13FN.C5H11N.C3H7N.CH2FI.CH4.2ClH.HI/c1-8(2,5-7)6-3-4-6;1-6(2)5-3-4-5;4-3-1-2-3;2-1-3;;;;/h6H,3-5H2,1-2H3;5H,3-4H2,1-2H3;3H,1-2,4H2;1H2;1H4;3*1H/q+1;;;;;;;/p-1.